The number of rotatable bonds is 6. The molecule has 2 atom stereocenters. The third-order valence-corrected chi connectivity index (χ3v) is 5.17. The number of urea groups is 1. The molecule has 5 nitrogen and oxygen atoms in total. The van der Waals surface area contributed by atoms with Gasteiger partial charge in [-0.1, -0.05) is 57.4 Å². The summed E-state index contributed by atoms with van der Waals surface area (Å²) in [4.78, 5) is 24.3. The van der Waals surface area contributed by atoms with E-state index in [1.165, 1.54) is 12.0 Å². The Hall–Kier alpha value is -1.88. The van der Waals surface area contributed by atoms with Crippen LogP contribution in [0, 0.1) is 0 Å². The number of carbonyl (C=O) groups excluding carboxylic acids is 2. The Labute approximate surface area is 157 Å². The molecule has 1 aromatic carbocycles. The average molecular weight is 360 g/mol. The number of amides is 3. The lowest BCUT2D eigenvalue weighted by molar-refractivity contribution is -0.121. The molecule has 1 aliphatic carbocycles. The lowest BCUT2D eigenvalue weighted by Crippen LogP contribution is -2.50. The van der Waals surface area contributed by atoms with Crippen LogP contribution in [0.5, 0.6) is 0 Å². The van der Waals surface area contributed by atoms with Gasteiger partial charge < -0.3 is 5.32 Å². The Morgan fingerprint density at radius 1 is 0.923 bits per heavy atom. The molecule has 0 aromatic heterocycles. The molecule has 0 heterocycles. The Bertz CT molecular complexity index is 592. The second-order valence-corrected chi connectivity index (χ2v) is 7.73. The van der Waals surface area contributed by atoms with E-state index in [-0.39, 0.29) is 24.0 Å². The van der Waals surface area contributed by atoms with Crippen LogP contribution >= 0.6 is 0 Å². The first-order valence-electron chi connectivity index (χ1n) is 9.84. The normalized spacial score (nSPS) is 17.6. The number of benzene rings is 1. The summed E-state index contributed by atoms with van der Waals surface area (Å²) in [6, 6.07) is 7.81. The zero-order valence-corrected chi connectivity index (χ0v) is 16.5. The van der Waals surface area contributed by atoms with E-state index >= 15 is 0 Å². The van der Waals surface area contributed by atoms with Crippen LogP contribution in [0.1, 0.15) is 82.9 Å². The average Bonchev–Trinajstić information content (AvgIpc) is 2.62. The van der Waals surface area contributed by atoms with Crippen molar-refractivity contribution in [2.75, 3.05) is 0 Å². The molecule has 0 spiro atoms. The molecule has 0 bridgehead atoms. The molecule has 2 rings (SSSR count). The third-order valence-electron chi connectivity index (χ3n) is 5.17. The molecule has 3 N–H and O–H groups in total. The molecular weight excluding hydrogens is 326 g/mol. The number of imide groups is 1. The molecular formula is C21H33N3O2. The molecule has 0 saturated heterocycles. The number of nitrogens with one attached hydrogen (secondary N) is 3. The fraction of sp³-hybridized carbons (Fsp3) is 0.619. The Kier molecular flexibility index (Phi) is 7.64. The molecule has 0 aliphatic heterocycles. The van der Waals surface area contributed by atoms with Crippen LogP contribution in [0.15, 0.2) is 24.3 Å². The Morgan fingerprint density at radius 2 is 1.50 bits per heavy atom. The second kappa shape index (κ2) is 9.72. The number of hydrogen-bond acceptors (Lipinski definition) is 3. The fourth-order valence-corrected chi connectivity index (χ4v) is 3.41. The van der Waals surface area contributed by atoms with Gasteiger partial charge in [-0.15, -0.1) is 0 Å². The van der Waals surface area contributed by atoms with E-state index in [1.807, 2.05) is 6.92 Å². The summed E-state index contributed by atoms with van der Waals surface area (Å²) in [7, 11) is 0. The largest absolute Gasteiger partial charge is 0.335 e. The van der Waals surface area contributed by atoms with E-state index in [0.717, 1.165) is 31.2 Å². The van der Waals surface area contributed by atoms with Crippen LogP contribution in [0.25, 0.3) is 0 Å². The van der Waals surface area contributed by atoms with E-state index in [1.54, 1.807) is 6.92 Å². The summed E-state index contributed by atoms with van der Waals surface area (Å²) < 4.78 is 0. The topological polar surface area (TPSA) is 70.2 Å². The van der Waals surface area contributed by atoms with Crippen molar-refractivity contribution in [3.8, 4) is 0 Å². The highest BCUT2D eigenvalue weighted by Crippen LogP contribution is 2.19. The van der Waals surface area contributed by atoms with Crippen LogP contribution in [0.3, 0.4) is 0 Å². The van der Waals surface area contributed by atoms with Gasteiger partial charge in [-0.2, -0.15) is 0 Å². The van der Waals surface area contributed by atoms with Gasteiger partial charge >= 0.3 is 6.03 Å². The monoisotopic (exact) mass is 359 g/mol. The van der Waals surface area contributed by atoms with Gasteiger partial charge in [0, 0.05) is 12.1 Å². The quantitative estimate of drug-likeness (QED) is 0.719. The molecule has 1 saturated carbocycles. The zero-order valence-electron chi connectivity index (χ0n) is 16.5. The van der Waals surface area contributed by atoms with Gasteiger partial charge in [0.05, 0.1) is 6.04 Å². The Balaban J connectivity index is 1.80. The molecule has 1 aliphatic rings. The van der Waals surface area contributed by atoms with Crippen molar-refractivity contribution in [2.24, 2.45) is 0 Å². The second-order valence-electron chi connectivity index (χ2n) is 7.73. The van der Waals surface area contributed by atoms with Crippen molar-refractivity contribution >= 4 is 11.9 Å². The van der Waals surface area contributed by atoms with E-state index in [2.05, 4.69) is 54.1 Å². The number of hydrogen-bond donors (Lipinski definition) is 3. The molecule has 0 radical (unpaired) electrons. The van der Waals surface area contributed by atoms with Crippen molar-refractivity contribution in [1.82, 2.24) is 16.0 Å². The predicted molar refractivity (Wildman–Crippen MR) is 105 cm³/mol. The van der Waals surface area contributed by atoms with Crippen molar-refractivity contribution < 1.29 is 9.59 Å². The van der Waals surface area contributed by atoms with Crippen molar-refractivity contribution in [2.45, 2.75) is 83.8 Å². The van der Waals surface area contributed by atoms with Gasteiger partial charge in [0.25, 0.3) is 0 Å². The molecule has 1 fully saturated rings. The summed E-state index contributed by atoms with van der Waals surface area (Å²) in [5, 5.41) is 8.63. The smallest absolute Gasteiger partial charge is 0.321 e. The highest BCUT2D eigenvalue weighted by Gasteiger charge is 2.21. The van der Waals surface area contributed by atoms with Crippen LogP contribution in [-0.2, 0) is 4.79 Å². The molecule has 26 heavy (non-hydrogen) atoms. The van der Waals surface area contributed by atoms with Gasteiger partial charge in [0.2, 0.25) is 5.91 Å². The lowest BCUT2D eigenvalue weighted by atomic mass is 9.96. The molecule has 2 unspecified atom stereocenters. The first-order valence-corrected chi connectivity index (χ1v) is 9.84. The minimum absolute atomic E-state index is 0.0263. The standard InChI is InChI=1S/C21H33N3O2/c1-14(2)17-10-12-18(13-11-17)15(3)22-16(4)20(25)24-21(26)23-19-8-6-5-7-9-19/h10-16,19,22H,5-9H2,1-4H3,(H2,23,24,25,26). The van der Waals surface area contributed by atoms with Crippen LogP contribution < -0.4 is 16.0 Å². The van der Waals surface area contributed by atoms with Gasteiger partial charge in [-0.3, -0.25) is 15.4 Å². The maximum atomic E-state index is 12.3. The summed E-state index contributed by atoms with van der Waals surface area (Å²) in [5.41, 5.74) is 2.42. The highest BCUT2D eigenvalue weighted by molar-refractivity contribution is 5.96. The SMILES string of the molecule is CC(NC(C)c1ccc(C(C)C)cc1)C(=O)NC(=O)NC1CCCCC1. The third kappa shape index (κ3) is 6.13. The minimum atomic E-state index is -0.452. The van der Waals surface area contributed by atoms with Gasteiger partial charge in [-0.05, 0) is 43.7 Å². The maximum Gasteiger partial charge on any atom is 0.321 e. The fourth-order valence-electron chi connectivity index (χ4n) is 3.41. The Morgan fingerprint density at radius 3 is 2.08 bits per heavy atom. The van der Waals surface area contributed by atoms with Crippen molar-refractivity contribution in [3.63, 3.8) is 0 Å². The summed E-state index contributed by atoms with van der Waals surface area (Å²) in [5.74, 6) is 0.198. The summed E-state index contributed by atoms with van der Waals surface area (Å²) in [6.07, 6.45) is 5.52. The molecule has 144 valence electrons. The number of carbonyl (C=O) groups is 2. The van der Waals surface area contributed by atoms with Crippen LogP contribution in [-0.4, -0.2) is 24.0 Å². The van der Waals surface area contributed by atoms with E-state index in [4.69, 9.17) is 0 Å². The van der Waals surface area contributed by atoms with Gasteiger partial charge in [0.1, 0.15) is 0 Å². The zero-order chi connectivity index (χ0) is 19.1. The van der Waals surface area contributed by atoms with E-state index in [9.17, 15) is 9.59 Å². The minimum Gasteiger partial charge on any atom is -0.335 e. The van der Waals surface area contributed by atoms with E-state index < -0.39 is 6.04 Å². The first-order chi connectivity index (χ1) is 12.4. The maximum absolute atomic E-state index is 12.3. The van der Waals surface area contributed by atoms with Gasteiger partial charge in [0.15, 0.2) is 0 Å². The van der Waals surface area contributed by atoms with Crippen molar-refractivity contribution in [3.05, 3.63) is 35.4 Å². The van der Waals surface area contributed by atoms with Crippen molar-refractivity contribution in [1.29, 1.82) is 0 Å². The molecule has 3 amide bonds. The first kappa shape index (κ1) is 20.4. The summed E-state index contributed by atoms with van der Waals surface area (Å²) in [6.45, 7) is 8.14. The summed E-state index contributed by atoms with van der Waals surface area (Å²) >= 11 is 0. The molecule has 1 aromatic rings. The molecule has 5 heteroatoms. The van der Waals surface area contributed by atoms with E-state index in [0.29, 0.717) is 5.92 Å². The van der Waals surface area contributed by atoms with Crippen LogP contribution in [0.4, 0.5) is 4.79 Å². The lowest BCUT2D eigenvalue weighted by Gasteiger charge is -2.24. The van der Waals surface area contributed by atoms with Crippen LogP contribution in [0.2, 0.25) is 0 Å². The predicted octanol–water partition coefficient (Wildman–Crippen LogP) is 4.01. The highest BCUT2D eigenvalue weighted by atomic mass is 16.2. The van der Waals surface area contributed by atoms with Gasteiger partial charge in [-0.25, -0.2) is 4.79 Å².